The molecule has 2 heterocycles. The summed E-state index contributed by atoms with van der Waals surface area (Å²) in [6.07, 6.45) is -10.8. The van der Waals surface area contributed by atoms with Crippen LogP contribution in [0.4, 0.5) is 0 Å². The zero-order valence-corrected chi connectivity index (χ0v) is 32.9. The number of amides is 1. The Kier molecular flexibility index (Phi) is 16.2. The Labute approximate surface area is 332 Å². The lowest BCUT2D eigenvalue weighted by Gasteiger charge is -2.49. The Hall–Kier alpha value is -3.26. The molecule has 6 N–H and O–H groups in total. The van der Waals surface area contributed by atoms with E-state index in [4.69, 9.17) is 33.2 Å². The van der Waals surface area contributed by atoms with Crippen LogP contribution in [0.5, 0.6) is 0 Å². The number of rotatable bonds is 15. The van der Waals surface area contributed by atoms with E-state index < -0.39 is 122 Å². The second-order valence-corrected chi connectivity index (χ2v) is 15.7. The van der Waals surface area contributed by atoms with Gasteiger partial charge in [0.2, 0.25) is 5.91 Å². The molecule has 2 aliphatic carbocycles. The average molecular weight is 810 g/mol. The lowest BCUT2D eigenvalue weighted by atomic mass is 9.76. The van der Waals surface area contributed by atoms with Crippen LogP contribution in [0, 0.1) is 17.8 Å². The number of methoxy groups -OCH3 is 1. The zero-order valence-electron chi connectivity index (χ0n) is 32.9. The van der Waals surface area contributed by atoms with Gasteiger partial charge in [-0.25, -0.2) is 9.59 Å². The number of ether oxygens (including phenoxy) is 7. The SMILES string of the molecule is CCC1CC(C(=O)OC)C[C@@H](O[C@@H]2O[C@@H](COC(=O)c3ccccc3)[C@H](O)C(O[C@@H](CC3CCCCC3)C(=O)O)C2NC(C)=O)[C@@H]1OC1O[C@@H](C)[C@H](O)C(O)[C@@H]1O. The van der Waals surface area contributed by atoms with Gasteiger partial charge in [0, 0.05) is 6.92 Å². The molecule has 0 spiro atoms. The minimum atomic E-state index is -1.65. The molecule has 1 aromatic rings. The Morgan fingerprint density at radius 1 is 0.877 bits per heavy atom. The van der Waals surface area contributed by atoms with Crippen molar-refractivity contribution in [2.75, 3.05) is 13.7 Å². The summed E-state index contributed by atoms with van der Waals surface area (Å²) in [6.45, 7) is 4.08. The van der Waals surface area contributed by atoms with E-state index in [1.165, 1.54) is 21.0 Å². The highest BCUT2D eigenvalue weighted by Crippen LogP contribution is 2.40. The standard InChI is InChI=1S/C40H59NO16/c1-5-23-17-25(37(49)51-4)18-26(34(23)57-40-33(46)32(45)30(43)20(2)53-40)55-39-29(41-21(3)42)35(54-27(36(47)48)16-22-12-8-6-9-13-22)31(44)28(56-39)19-52-38(50)24-14-10-7-11-15-24/h7,10-11,14-15,20,22-23,25-35,39-40,43-46H,5-6,8-9,12-13,16-19H2,1-4H3,(H,41,42)(H,47,48)/t20-,23?,25?,26+,27-,28-,29?,30-,31-,32?,33-,34+,35?,39+,40?/m0/s1. The number of aliphatic carboxylic acids is 1. The first-order valence-electron chi connectivity index (χ1n) is 20.0. The Balaban J connectivity index is 1.49. The molecule has 6 unspecified atom stereocenters. The van der Waals surface area contributed by atoms with E-state index in [-0.39, 0.29) is 24.3 Å². The van der Waals surface area contributed by atoms with Crippen molar-refractivity contribution in [2.45, 2.75) is 158 Å². The van der Waals surface area contributed by atoms with Crippen molar-refractivity contribution >= 4 is 23.8 Å². The maximum absolute atomic E-state index is 13.0. The molecule has 1 aromatic carbocycles. The van der Waals surface area contributed by atoms with E-state index in [0.717, 1.165) is 32.1 Å². The van der Waals surface area contributed by atoms with E-state index >= 15 is 0 Å². The summed E-state index contributed by atoms with van der Waals surface area (Å²) in [4.78, 5) is 51.5. The molecule has 2 saturated carbocycles. The fraction of sp³-hybridized carbons (Fsp3) is 0.750. The number of benzene rings is 1. The minimum Gasteiger partial charge on any atom is -0.479 e. The second-order valence-electron chi connectivity index (χ2n) is 15.7. The molecular weight excluding hydrogens is 750 g/mol. The van der Waals surface area contributed by atoms with Crippen LogP contribution in [0.25, 0.3) is 0 Å². The van der Waals surface area contributed by atoms with Gasteiger partial charge in [0.1, 0.15) is 49.3 Å². The molecule has 17 nitrogen and oxygen atoms in total. The minimum absolute atomic E-state index is 0.00872. The highest BCUT2D eigenvalue weighted by molar-refractivity contribution is 5.89. The molecule has 2 aliphatic heterocycles. The smallest absolute Gasteiger partial charge is 0.338 e. The van der Waals surface area contributed by atoms with Gasteiger partial charge < -0.3 is 64.0 Å². The number of esters is 2. The van der Waals surface area contributed by atoms with Crippen molar-refractivity contribution in [1.29, 1.82) is 0 Å². The molecule has 4 aliphatic rings. The van der Waals surface area contributed by atoms with Crippen LogP contribution in [-0.2, 0) is 47.5 Å². The van der Waals surface area contributed by atoms with Gasteiger partial charge in [0.15, 0.2) is 18.7 Å². The predicted molar refractivity (Wildman–Crippen MR) is 197 cm³/mol. The topological polar surface area (TPSA) is 246 Å². The Morgan fingerprint density at radius 2 is 1.58 bits per heavy atom. The van der Waals surface area contributed by atoms with E-state index in [2.05, 4.69) is 5.32 Å². The molecule has 4 fully saturated rings. The largest absolute Gasteiger partial charge is 0.479 e. The first-order valence-corrected chi connectivity index (χ1v) is 20.0. The summed E-state index contributed by atoms with van der Waals surface area (Å²) >= 11 is 0. The average Bonchev–Trinajstić information content (AvgIpc) is 3.20. The van der Waals surface area contributed by atoms with Gasteiger partial charge in [-0.05, 0) is 50.2 Å². The van der Waals surface area contributed by atoms with E-state index in [0.29, 0.717) is 12.8 Å². The number of carboxylic acids is 1. The van der Waals surface area contributed by atoms with Crippen molar-refractivity contribution in [3.05, 3.63) is 35.9 Å². The second kappa shape index (κ2) is 20.6. The molecule has 57 heavy (non-hydrogen) atoms. The zero-order chi connectivity index (χ0) is 41.4. The van der Waals surface area contributed by atoms with Gasteiger partial charge >= 0.3 is 17.9 Å². The molecule has 1 amide bonds. The lowest BCUT2D eigenvalue weighted by Crippen LogP contribution is -2.67. The molecule has 17 heteroatoms. The molecule has 320 valence electrons. The first kappa shape index (κ1) is 44.8. The summed E-state index contributed by atoms with van der Waals surface area (Å²) in [5.74, 6) is -4.12. The Bertz CT molecular complexity index is 1480. The number of nitrogens with one attached hydrogen (secondary N) is 1. The van der Waals surface area contributed by atoms with Crippen molar-refractivity contribution in [3.8, 4) is 0 Å². The quantitative estimate of drug-likeness (QED) is 0.137. The molecule has 0 radical (unpaired) electrons. The first-order chi connectivity index (χ1) is 27.2. The third-order valence-corrected chi connectivity index (χ3v) is 11.7. The van der Waals surface area contributed by atoms with Gasteiger partial charge in [0.05, 0.1) is 36.9 Å². The number of hydrogen-bond donors (Lipinski definition) is 6. The highest BCUT2D eigenvalue weighted by atomic mass is 16.7. The number of carbonyl (C=O) groups excluding carboxylic acids is 3. The van der Waals surface area contributed by atoms with Gasteiger partial charge in [-0.15, -0.1) is 0 Å². The van der Waals surface area contributed by atoms with E-state index in [1.54, 1.807) is 30.3 Å². The molecule has 5 rings (SSSR count). The number of hydrogen-bond acceptors (Lipinski definition) is 15. The van der Waals surface area contributed by atoms with Crippen LogP contribution in [0.15, 0.2) is 30.3 Å². The molecule has 0 bridgehead atoms. The van der Waals surface area contributed by atoms with Crippen molar-refractivity contribution in [1.82, 2.24) is 5.32 Å². The van der Waals surface area contributed by atoms with Crippen molar-refractivity contribution in [2.24, 2.45) is 17.8 Å². The summed E-state index contributed by atoms with van der Waals surface area (Å²) in [7, 11) is 1.26. The van der Waals surface area contributed by atoms with Gasteiger partial charge in [-0.3, -0.25) is 9.59 Å². The summed E-state index contributed by atoms with van der Waals surface area (Å²) < 4.78 is 42.0. The lowest BCUT2D eigenvalue weighted by molar-refractivity contribution is -0.338. The van der Waals surface area contributed by atoms with Crippen LogP contribution in [0.3, 0.4) is 0 Å². The monoisotopic (exact) mass is 809 g/mol. The maximum atomic E-state index is 13.0. The molecule has 2 saturated heterocycles. The van der Waals surface area contributed by atoms with Gasteiger partial charge in [-0.1, -0.05) is 63.6 Å². The third-order valence-electron chi connectivity index (χ3n) is 11.7. The highest BCUT2D eigenvalue weighted by Gasteiger charge is 2.53. The number of carboxylic acid groups (broad SMARTS) is 1. The van der Waals surface area contributed by atoms with Gasteiger partial charge in [0.25, 0.3) is 0 Å². The summed E-state index contributed by atoms with van der Waals surface area (Å²) in [6, 6.07) is 6.80. The molecule has 0 aromatic heterocycles. The fourth-order valence-electron chi connectivity index (χ4n) is 8.52. The molecular formula is C40H59NO16. The van der Waals surface area contributed by atoms with E-state index in [9.17, 15) is 44.7 Å². The van der Waals surface area contributed by atoms with Crippen molar-refractivity contribution < 1.29 is 77.9 Å². The third kappa shape index (κ3) is 11.3. The van der Waals surface area contributed by atoms with Crippen LogP contribution >= 0.6 is 0 Å². The Morgan fingerprint density at radius 3 is 2.21 bits per heavy atom. The van der Waals surface area contributed by atoms with Crippen LogP contribution in [-0.4, -0.2) is 143 Å². The number of aliphatic hydroxyl groups excluding tert-OH is 4. The summed E-state index contributed by atoms with van der Waals surface area (Å²) in [5.41, 5.74) is 0.235. The summed E-state index contributed by atoms with van der Waals surface area (Å²) in [5, 5.41) is 56.7. The normalized spacial score (nSPS) is 36.8. The van der Waals surface area contributed by atoms with Crippen LogP contribution in [0.1, 0.15) is 88.9 Å². The maximum Gasteiger partial charge on any atom is 0.338 e. The van der Waals surface area contributed by atoms with Crippen molar-refractivity contribution in [3.63, 3.8) is 0 Å². The molecule has 15 atom stereocenters. The number of carbonyl (C=O) groups is 4. The van der Waals surface area contributed by atoms with Crippen LogP contribution < -0.4 is 5.32 Å². The number of aliphatic hydroxyl groups is 4. The van der Waals surface area contributed by atoms with Gasteiger partial charge in [-0.2, -0.15) is 0 Å². The fourth-order valence-corrected chi connectivity index (χ4v) is 8.52. The van der Waals surface area contributed by atoms with Crippen LogP contribution in [0.2, 0.25) is 0 Å². The predicted octanol–water partition coefficient (Wildman–Crippen LogP) is 1.45. The van der Waals surface area contributed by atoms with E-state index in [1.807, 2.05) is 6.92 Å².